The van der Waals surface area contributed by atoms with Crippen molar-refractivity contribution in [2.75, 3.05) is 4.90 Å². The van der Waals surface area contributed by atoms with Crippen LogP contribution < -0.4 is 4.90 Å². The molecule has 1 aliphatic carbocycles. The number of nitrogens with zero attached hydrogens (tertiary/aromatic N) is 1. The lowest BCUT2D eigenvalue weighted by atomic mass is 9.79. The molecule has 0 saturated heterocycles. The largest absolute Gasteiger partial charge is 0.314 e. The van der Waals surface area contributed by atoms with Crippen molar-refractivity contribution in [3.05, 3.63) is 248 Å². The van der Waals surface area contributed by atoms with Crippen molar-refractivity contribution >= 4 is 70.8 Å². The molecule has 12 rings (SSSR count). The number of allylic oxidation sites excluding steroid dienone is 4. The minimum Gasteiger partial charge on any atom is -0.314 e. The van der Waals surface area contributed by atoms with Gasteiger partial charge in [-0.25, -0.2) is 0 Å². The molecule has 0 spiro atoms. The van der Waals surface area contributed by atoms with Crippen LogP contribution in [0.25, 0.3) is 92.8 Å². The first kappa shape index (κ1) is 36.8. The zero-order valence-corrected chi connectivity index (χ0v) is 34.9. The number of hydrogen-bond acceptors (Lipinski definition) is 1. The highest BCUT2D eigenvalue weighted by molar-refractivity contribution is 6.32. The van der Waals surface area contributed by atoms with Gasteiger partial charge in [0.15, 0.2) is 0 Å². The second-order valence-corrected chi connectivity index (χ2v) is 16.7. The molecule has 0 aromatic heterocycles. The summed E-state index contributed by atoms with van der Waals surface area (Å²) < 4.78 is 0. The summed E-state index contributed by atoms with van der Waals surface area (Å²) in [6.07, 6.45) is 6.59. The van der Waals surface area contributed by atoms with Crippen LogP contribution >= 0.6 is 0 Å². The lowest BCUT2D eigenvalue weighted by Crippen LogP contribution is -2.18. The maximum atomic E-state index is 2.48. The van der Waals surface area contributed by atoms with E-state index in [1.165, 1.54) is 115 Å². The summed E-state index contributed by atoms with van der Waals surface area (Å²) in [5.41, 5.74) is 13.7. The van der Waals surface area contributed by atoms with E-state index < -0.39 is 0 Å². The molecule has 0 amide bonds. The molecule has 1 aliphatic rings. The molecule has 0 aliphatic heterocycles. The Kier molecular flexibility index (Phi) is 9.04. The van der Waals surface area contributed by atoms with Crippen molar-refractivity contribution < 1.29 is 0 Å². The van der Waals surface area contributed by atoms with E-state index >= 15 is 0 Å². The zero-order valence-electron chi connectivity index (χ0n) is 34.9. The average molecular weight is 802 g/mol. The first-order chi connectivity index (χ1) is 31.3. The van der Waals surface area contributed by atoms with E-state index in [1.807, 2.05) is 0 Å². The Morgan fingerprint density at radius 2 is 0.905 bits per heavy atom. The number of hydrogen-bond donors (Lipinski definition) is 0. The van der Waals surface area contributed by atoms with Gasteiger partial charge < -0.3 is 4.90 Å². The number of para-hydroxylation sites is 1. The second-order valence-electron chi connectivity index (χ2n) is 16.7. The maximum absolute atomic E-state index is 2.48. The zero-order chi connectivity index (χ0) is 41.7. The summed E-state index contributed by atoms with van der Waals surface area (Å²) in [6, 6.07) is 82.5. The Hall–Kier alpha value is -8.00. The van der Waals surface area contributed by atoms with E-state index in [0.29, 0.717) is 0 Å². The van der Waals surface area contributed by atoms with Gasteiger partial charge in [0.05, 0.1) is 5.69 Å². The summed E-state index contributed by atoms with van der Waals surface area (Å²) in [6.45, 7) is 0. The van der Waals surface area contributed by atoms with Gasteiger partial charge in [0.25, 0.3) is 0 Å². The third-order valence-electron chi connectivity index (χ3n) is 13.1. The van der Waals surface area contributed by atoms with E-state index in [-0.39, 0.29) is 0 Å². The van der Waals surface area contributed by atoms with Crippen LogP contribution in [0.1, 0.15) is 18.4 Å². The first-order valence-electron chi connectivity index (χ1n) is 22.1. The molecular weight excluding hydrogens is 759 g/mol. The second kappa shape index (κ2) is 15.5. The van der Waals surface area contributed by atoms with E-state index in [1.54, 1.807) is 0 Å². The molecule has 0 radical (unpaired) electrons. The molecule has 11 aromatic carbocycles. The molecule has 0 saturated carbocycles. The predicted molar refractivity (Wildman–Crippen MR) is 271 cm³/mol. The van der Waals surface area contributed by atoms with E-state index in [2.05, 4.69) is 242 Å². The summed E-state index contributed by atoms with van der Waals surface area (Å²) in [5, 5.41) is 12.7. The van der Waals surface area contributed by atoms with Crippen molar-refractivity contribution in [3.63, 3.8) is 0 Å². The number of anilines is 2. The van der Waals surface area contributed by atoms with Gasteiger partial charge in [-0.05, 0) is 148 Å². The molecule has 11 aromatic rings. The van der Waals surface area contributed by atoms with Crippen LogP contribution in [0.5, 0.6) is 0 Å². The Bertz CT molecular complexity index is 3590. The van der Waals surface area contributed by atoms with Gasteiger partial charge in [0.2, 0.25) is 0 Å². The molecule has 0 atom stereocenters. The van der Waals surface area contributed by atoms with Crippen LogP contribution in [-0.2, 0) is 0 Å². The molecular formula is C62H43N. The topological polar surface area (TPSA) is 3.24 Å². The van der Waals surface area contributed by atoms with Crippen LogP contribution in [0.15, 0.2) is 242 Å². The van der Waals surface area contributed by atoms with Gasteiger partial charge in [-0.2, -0.15) is 0 Å². The van der Waals surface area contributed by atoms with Crippen LogP contribution in [0, 0.1) is 0 Å². The molecule has 0 fully saturated rings. The van der Waals surface area contributed by atoms with E-state index in [4.69, 9.17) is 0 Å². The first-order valence-corrected chi connectivity index (χ1v) is 22.1. The van der Waals surface area contributed by atoms with Gasteiger partial charge in [-0.1, -0.05) is 194 Å². The summed E-state index contributed by atoms with van der Waals surface area (Å²) in [5.74, 6) is 0. The van der Waals surface area contributed by atoms with Crippen LogP contribution in [0.3, 0.4) is 0 Å². The predicted octanol–water partition coefficient (Wildman–Crippen LogP) is 17.4. The Balaban J connectivity index is 1.15. The van der Waals surface area contributed by atoms with Gasteiger partial charge >= 0.3 is 0 Å². The molecule has 296 valence electrons. The van der Waals surface area contributed by atoms with Crippen molar-refractivity contribution in [2.45, 2.75) is 12.8 Å². The van der Waals surface area contributed by atoms with E-state index in [9.17, 15) is 0 Å². The lowest BCUT2D eigenvalue weighted by molar-refractivity contribution is 0.933. The van der Waals surface area contributed by atoms with Crippen molar-refractivity contribution in [1.82, 2.24) is 0 Å². The molecule has 63 heavy (non-hydrogen) atoms. The fourth-order valence-electron chi connectivity index (χ4n) is 10.2. The smallest absolute Gasteiger partial charge is 0.0536 e. The van der Waals surface area contributed by atoms with Gasteiger partial charge in [-0.15, -0.1) is 0 Å². The fraction of sp³-hybridized carbons (Fsp3) is 0.0323. The van der Waals surface area contributed by atoms with Gasteiger partial charge in [0, 0.05) is 16.8 Å². The third-order valence-corrected chi connectivity index (χ3v) is 13.1. The minimum absolute atomic E-state index is 0.887. The minimum atomic E-state index is 0.887. The molecule has 1 nitrogen and oxygen atoms in total. The summed E-state index contributed by atoms with van der Waals surface area (Å²) >= 11 is 0. The lowest BCUT2D eigenvalue weighted by Gasteiger charge is -2.31. The monoisotopic (exact) mass is 801 g/mol. The van der Waals surface area contributed by atoms with Crippen molar-refractivity contribution in [1.29, 1.82) is 0 Å². The normalized spacial score (nSPS) is 12.8. The quantitative estimate of drug-likeness (QED) is 0.145. The molecule has 0 unspecified atom stereocenters. The molecule has 1 heteroatoms. The Morgan fingerprint density at radius 3 is 1.65 bits per heavy atom. The molecule has 0 N–H and O–H groups in total. The van der Waals surface area contributed by atoms with Crippen LogP contribution in [0.4, 0.5) is 11.4 Å². The Labute approximate surface area is 368 Å². The maximum Gasteiger partial charge on any atom is 0.0536 e. The number of fused-ring (bicyclic) bond motifs is 8. The fourth-order valence-corrected chi connectivity index (χ4v) is 10.2. The van der Waals surface area contributed by atoms with Gasteiger partial charge in [-0.3, -0.25) is 0 Å². The average Bonchev–Trinajstić information content (AvgIpc) is 3.37. The highest BCUT2D eigenvalue weighted by atomic mass is 15.1. The van der Waals surface area contributed by atoms with Gasteiger partial charge in [0.1, 0.15) is 0 Å². The Morgan fingerprint density at radius 1 is 0.317 bits per heavy atom. The highest BCUT2D eigenvalue weighted by Gasteiger charge is 2.25. The third kappa shape index (κ3) is 6.40. The van der Waals surface area contributed by atoms with Crippen molar-refractivity contribution in [3.8, 4) is 33.4 Å². The molecule has 0 heterocycles. The number of rotatable bonds is 7. The summed E-state index contributed by atoms with van der Waals surface area (Å²) in [7, 11) is 0. The SMILES string of the molecule is C1=C(c2c(-c3ccccc3)cc(-c3ccccc3)c3c4ccccc4c4cc(-c5ccc6ccccc6c5)ccc4c23)CCC(N(c2ccccc2)c2cccc3ccccc23)=C1. The van der Waals surface area contributed by atoms with Crippen molar-refractivity contribution in [2.24, 2.45) is 0 Å². The highest BCUT2D eigenvalue weighted by Crippen LogP contribution is 2.50. The summed E-state index contributed by atoms with van der Waals surface area (Å²) in [4.78, 5) is 2.47. The van der Waals surface area contributed by atoms with Crippen LogP contribution in [-0.4, -0.2) is 0 Å². The van der Waals surface area contributed by atoms with Crippen LogP contribution in [0.2, 0.25) is 0 Å². The number of benzene rings is 11. The van der Waals surface area contributed by atoms with E-state index in [0.717, 1.165) is 12.8 Å². The molecule has 0 bridgehead atoms. The standard InChI is InChI=1S/C62H43N/c1-4-18-44(19-5-1)56-41-57(45-20-6-2-7-21-45)61-54-29-15-14-28-53(54)58-40-49(48-32-31-42-17-10-11-23-47(42)39-48)35-38-55(58)62(61)60(56)46-33-36-51(37-34-46)63(50-25-8-3-9-26-50)59-30-16-24-43-22-12-13-27-52(43)59/h1-33,35-36,38-41H,34,37H2.